The van der Waals surface area contributed by atoms with Gasteiger partial charge in [0.2, 0.25) is 0 Å². The predicted molar refractivity (Wildman–Crippen MR) is 108 cm³/mol. The molecule has 0 spiro atoms. The van der Waals surface area contributed by atoms with Crippen LogP contribution in [0, 0.1) is 0 Å². The second-order valence-electron chi connectivity index (χ2n) is 6.74. The molecule has 1 aromatic heterocycles. The van der Waals surface area contributed by atoms with Gasteiger partial charge in [0.05, 0.1) is 17.9 Å². The van der Waals surface area contributed by atoms with Crippen LogP contribution in [0.15, 0.2) is 53.1 Å². The fraction of sp³-hybridized carbons (Fsp3) is 0.200. The minimum Gasteiger partial charge on any atom is -0.486 e. The molecule has 9 nitrogen and oxygen atoms in total. The van der Waals surface area contributed by atoms with E-state index in [-0.39, 0.29) is 12.1 Å². The van der Waals surface area contributed by atoms with Gasteiger partial charge in [-0.05, 0) is 30.2 Å². The Hall–Kier alpha value is -3.50. The zero-order valence-corrected chi connectivity index (χ0v) is 15.8. The topological polar surface area (TPSA) is 130 Å². The molecule has 0 saturated heterocycles. The summed E-state index contributed by atoms with van der Waals surface area (Å²) in [6.07, 6.45) is 1.55. The summed E-state index contributed by atoms with van der Waals surface area (Å²) in [6.45, 7) is 0.715. The van der Waals surface area contributed by atoms with Crippen LogP contribution in [0.5, 0.6) is 11.5 Å². The van der Waals surface area contributed by atoms with E-state index in [2.05, 4.69) is 10.6 Å². The lowest BCUT2D eigenvalue weighted by molar-refractivity contribution is -0.136. The molecule has 154 valence electrons. The number of carbonyl (C=O) groups is 2. The molecular formula is C20H19BN2O7. The van der Waals surface area contributed by atoms with Crippen LogP contribution >= 0.6 is 0 Å². The molecule has 0 radical (unpaired) electrons. The van der Waals surface area contributed by atoms with E-state index in [4.69, 9.17) is 13.9 Å². The van der Waals surface area contributed by atoms with Gasteiger partial charge in [0.15, 0.2) is 11.5 Å². The van der Waals surface area contributed by atoms with Gasteiger partial charge in [-0.3, -0.25) is 9.59 Å². The predicted octanol–water partition coefficient (Wildman–Crippen LogP) is 0.882. The zero-order valence-electron chi connectivity index (χ0n) is 15.8. The molecule has 0 unspecified atom stereocenters. The lowest BCUT2D eigenvalue weighted by atomic mass is 9.76. The van der Waals surface area contributed by atoms with Gasteiger partial charge >= 0.3 is 18.9 Å². The first-order valence-electron chi connectivity index (χ1n) is 9.34. The molecule has 4 rings (SSSR count). The van der Waals surface area contributed by atoms with Gasteiger partial charge in [-0.2, -0.15) is 0 Å². The molecule has 4 N–H and O–H groups in total. The van der Waals surface area contributed by atoms with Gasteiger partial charge in [-0.15, -0.1) is 0 Å². The number of anilines is 1. The van der Waals surface area contributed by atoms with Gasteiger partial charge in [0, 0.05) is 5.39 Å². The lowest BCUT2D eigenvalue weighted by Crippen LogP contribution is -2.51. The largest absolute Gasteiger partial charge is 0.486 e. The standard InChI is InChI=1S/C20H19BN2O7/c24-19(22-14-5-3-7-16-18(14)29-9-8-28-16)20(25)23-17(21(26)27)10-12-11-30-15-6-2-1-4-13(12)15/h1-7,11,17,26-27H,8-10H2,(H,22,24)(H,23,25)/t17-/m0/s1. The van der Waals surface area contributed by atoms with E-state index in [9.17, 15) is 19.6 Å². The minimum absolute atomic E-state index is 0.0609. The van der Waals surface area contributed by atoms with Crippen molar-refractivity contribution < 1.29 is 33.5 Å². The van der Waals surface area contributed by atoms with Gasteiger partial charge in [0.25, 0.3) is 0 Å². The number of rotatable bonds is 5. The van der Waals surface area contributed by atoms with Crippen LogP contribution in [0.3, 0.4) is 0 Å². The monoisotopic (exact) mass is 410 g/mol. The van der Waals surface area contributed by atoms with Crippen LogP contribution in [0.25, 0.3) is 11.0 Å². The van der Waals surface area contributed by atoms with Gasteiger partial charge in [-0.1, -0.05) is 24.3 Å². The first kappa shape index (κ1) is 19.8. The molecule has 2 aromatic carbocycles. The molecule has 1 atom stereocenters. The quantitative estimate of drug-likeness (QED) is 0.363. The normalized spacial score (nSPS) is 13.5. The zero-order chi connectivity index (χ0) is 21.1. The van der Waals surface area contributed by atoms with Crippen molar-refractivity contribution in [3.63, 3.8) is 0 Å². The highest BCUT2D eigenvalue weighted by Gasteiger charge is 2.29. The first-order valence-corrected chi connectivity index (χ1v) is 9.34. The van der Waals surface area contributed by atoms with Crippen LogP contribution in [0.2, 0.25) is 0 Å². The van der Waals surface area contributed by atoms with Crippen molar-refractivity contribution in [2.75, 3.05) is 18.5 Å². The highest BCUT2D eigenvalue weighted by Crippen LogP contribution is 2.37. The van der Waals surface area contributed by atoms with Gasteiger partial charge in [0.1, 0.15) is 18.8 Å². The summed E-state index contributed by atoms with van der Waals surface area (Å²) in [6, 6.07) is 12.2. The molecule has 1 aliphatic rings. The van der Waals surface area contributed by atoms with E-state index in [0.29, 0.717) is 35.9 Å². The number of para-hydroxylation sites is 2. The van der Waals surface area contributed by atoms with Crippen molar-refractivity contribution in [2.24, 2.45) is 0 Å². The van der Waals surface area contributed by atoms with E-state index < -0.39 is 24.9 Å². The maximum atomic E-state index is 12.4. The average Bonchev–Trinajstić information content (AvgIpc) is 3.16. The average molecular weight is 410 g/mol. The molecule has 2 heterocycles. The molecule has 3 aromatic rings. The van der Waals surface area contributed by atoms with Crippen LogP contribution < -0.4 is 20.1 Å². The number of hydrogen-bond donors (Lipinski definition) is 4. The Kier molecular flexibility index (Phi) is 5.60. The first-order chi connectivity index (χ1) is 14.5. The molecule has 0 fully saturated rings. The summed E-state index contributed by atoms with van der Waals surface area (Å²) in [5.74, 6) is -2.30. The summed E-state index contributed by atoms with van der Waals surface area (Å²) < 4.78 is 16.4. The van der Waals surface area contributed by atoms with Crippen molar-refractivity contribution in [3.8, 4) is 11.5 Å². The summed E-state index contributed by atoms with van der Waals surface area (Å²) >= 11 is 0. The Labute approximate surface area is 171 Å². The number of ether oxygens (including phenoxy) is 2. The third-order valence-electron chi connectivity index (χ3n) is 4.70. The van der Waals surface area contributed by atoms with Crippen molar-refractivity contribution >= 4 is 35.6 Å². The summed E-state index contributed by atoms with van der Waals surface area (Å²) in [4.78, 5) is 24.8. The van der Waals surface area contributed by atoms with Crippen LogP contribution in [-0.2, 0) is 16.0 Å². The molecule has 0 bridgehead atoms. The van der Waals surface area contributed by atoms with Crippen LogP contribution in [0.1, 0.15) is 5.56 Å². The van der Waals surface area contributed by atoms with Crippen LogP contribution in [0.4, 0.5) is 5.69 Å². The van der Waals surface area contributed by atoms with Gasteiger partial charge < -0.3 is 34.6 Å². The van der Waals surface area contributed by atoms with Crippen LogP contribution in [-0.4, -0.2) is 48.1 Å². The van der Waals surface area contributed by atoms with E-state index in [1.54, 1.807) is 24.3 Å². The SMILES string of the molecule is O=C(Nc1cccc2c1OCCO2)C(=O)N[C@@H](Cc1coc2ccccc12)B(O)O. The number of benzene rings is 2. The van der Waals surface area contributed by atoms with E-state index >= 15 is 0 Å². The van der Waals surface area contributed by atoms with Crippen molar-refractivity contribution in [3.05, 3.63) is 54.3 Å². The molecule has 1 aliphatic heterocycles. The van der Waals surface area contributed by atoms with Crippen molar-refractivity contribution in [1.29, 1.82) is 0 Å². The van der Waals surface area contributed by atoms with E-state index in [0.717, 1.165) is 5.39 Å². The third kappa shape index (κ3) is 4.09. The smallest absolute Gasteiger partial charge is 0.475 e. The molecule has 30 heavy (non-hydrogen) atoms. The second-order valence-corrected chi connectivity index (χ2v) is 6.74. The molecule has 0 saturated carbocycles. The fourth-order valence-electron chi connectivity index (χ4n) is 3.24. The molecule has 2 amide bonds. The van der Waals surface area contributed by atoms with Crippen molar-refractivity contribution in [1.82, 2.24) is 5.32 Å². The summed E-state index contributed by atoms with van der Waals surface area (Å²) in [7, 11) is -1.88. The Morgan fingerprint density at radius 2 is 1.83 bits per heavy atom. The molecular weight excluding hydrogens is 391 g/mol. The van der Waals surface area contributed by atoms with Crippen molar-refractivity contribution in [2.45, 2.75) is 12.4 Å². The van der Waals surface area contributed by atoms with E-state index in [1.807, 2.05) is 18.2 Å². The van der Waals surface area contributed by atoms with E-state index in [1.165, 1.54) is 6.26 Å². The second kappa shape index (κ2) is 8.48. The Morgan fingerprint density at radius 1 is 1.03 bits per heavy atom. The summed E-state index contributed by atoms with van der Waals surface area (Å²) in [5.41, 5.74) is 1.60. The molecule has 10 heteroatoms. The highest BCUT2D eigenvalue weighted by molar-refractivity contribution is 6.46. The number of amides is 2. The Morgan fingerprint density at radius 3 is 2.67 bits per heavy atom. The molecule has 0 aliphatic carbocycles. The Balaban J connectivity index is 1.45. The Bertz CT molecular complexity index is 1080. The lowest BCUT2D eigenvalue weighted by Gasteiger charge is -2.21. The number of hydrogen-bond acceptors (Lipinski definition) is 7. The maximum Gasteiger partial charge on any atom is 0.475 e. The fourth-order valence-corrected chi connectivity index (χ4v) is 3.24. The maximum absolute atomic E-state index is 12.4. The number of furan rings is 1. The third-order valence-corrected chi connectivity index (χ3v) is 4.70. The highest BCUT2D eigenvalue weighted by atomic mass is 16.6. The number of nitrogens with one attached hydrogen (secondary N) is 2. The number of carbonyl (C=O) groups excluding carboxylic acids is 2. The van der Waals surface area contributed by atoms with Gasteiger partial charge in [-0.25, -0.2) is 0 Å². The number of fused-ring (bicyclic) bond motifs is 2. The minimum atomic E-state index is -1.88. The summed E-state index contributed by atoms with van der Waals surface area (Å²) in [5, 5.41) is 25.0.